The zero-order chi connectivity index (χ0) is 15.0. The van der Waals surface area contributed by atoms with Crippen molar-refractivity contribution in [2.75, 3.05) is 0 Å². The van der Waals surface area contributed by atoms with Gasteiger partial charge in [-0.15, -0.1) is 0 Å². The molecule has 3 rings (SSSR count). The fourth-order valence-electron chi connectivity index (χ4n) is 2.85. The van der Waals surface area contributed by atoms with E-state index in [0.29, 0.717) is 11.5 Å². The van der Waals surface area contributed by atoms with Gasteiger partial charge in [0.2, 0.25) is 0 Å². The molecule has 2 aliphatic rings. The number of halogens is 1. The van der Waals surface area contributed by atoms with Crippen LogP contribution in [0.4, 0.5) is 4.39 Å². The van der Waals surface area contributed by atoms with Gasteiger partial charge in [-0.05, 0) is 25.3 Å². The summed E-state index contributed by atoms with van der Waals surface area (Å²) in [5.74, 6) is 0.461. The summed E-state index contributed by atoms with van der Waals surface area (Å²) < 4.78 is 41.0. The maximum atomic E-state index is 13.3. The number of hydrogen-bond donors (Lipinski definition) is 0. The van der Waals surface area contributed by atoms with Crippen molar-refractivity contribution in [3.63, 3.8) is 0 Å². The summed E-state index contributed by atoms with van der Waals surface area (Å²) in [5.41, 5.74) is 0.397. The fourth-order valence-corrected chi connectivity index (χ4v) is 2.85. The van der Waals surface area contributed by atoms with E-state index in [1.54, 1.807) is 6.07 Å². The van der Waals surface area contributed by atoms with Crippen molar-refractivity contribution < 1.29 is 27.8 Å². The molecule has 0 spiro atoms. The van der Waals surface area contributed by atoms with E-state index in [0.717, 1.165) is 6.42 Å². The summed E-state index contributed by atoms with van der Waals surface area (Å²) in [6.07, 6.45) is 0.801. The van der Waals surface area contributed by atoms with Gasteiger partial charge in [-0.1, -0.05) is 13.8 Å². The highest BCUT2D eigenvalue weighted by atomic mass is 19.1. The van der Waals surface area contributed by atoms with Gasteiger partial charge in [0.25, 0.3) is 6.01 Å². The molecule has 2 saturated heterocycles. The monoisotopic (exact) mass is 300 g/mol. The first-order valence-corrected chi connectivity index (χ1v) is 7.34. The van der Waals surface area contributed by atoms with Crippen molar-refractivity contribution in [2.45, 2.75) is 64.7 Å². The highest BCUT2D eigenvalue weighted by Gasteiger charge is 2.51. The second-order valence-corrected chi connectivity index (χ2v) is 5.97. The van der Waals surface area contributed by atoms with Crippen LogP contribution in [0.25, 0.3) is 0 Å². The van der Waals surface area contributed by atoms with Crippen LogP contribution in [0.3, 0.4) is 0 Å². The molecule has 2 fully saturated rings. The molecular formula is C15H21FO5. The first kappa shape index (κ1) is 15.0. The van der Waals surface area contributed by atoms with Crippen LogP contribution >= 0.6 is 0 Å². The minimum atomic E-state index is -0.608. The summed E-state index contributed by atoms with van der Waals surface area (Å²) in [4.78, 5) is 0. The molecule has 1 aromatic heterocycles. The third kappa shape index (κ3) is 3.13. The topological polar surface area (TPSA) is 50.1 Å². The summed E-state index contributed by atoms with van der Waals surface area (Å²) >= 11 is 0. The Balaban J connectivity index is 1.67. The SMILES string of the molecule is CC(C)C[C@H]1O[C@@H]2OC(C)O[C@@H]2[C@H]1OCc1ccoc1F. The molecule has 0 N–H and O–H groups in total. The summed E-state index contributed by atoms with van der Waals surface area (Å²) in [6.45, 7) is 6.20. The molecule has 0 aliphatic carbocycles. The number of fused-ring (bicyclic) bond motifs is 1. The smallest absolute Gasteiger partial charge is 0.283 e. The average Bonchev–Trinajstić information content (AvgIpc) is 3.02. The number of furan rings is 1. The Morgan fingerprint density at radius 1 is 1.29 bits per heavy atom. The molecule has 6 heteroatoms. The van der Waals surface area contributed by atoms with Crippen molar-refractivity contribution >= 4 is 0 Å². The third-order valence-electron chi connectivity index (χ3n) is 3.77. The van der Waals surface area contributed by atoms with E-state index < -0.39 is 12.3 Å². The molecule has 5 atom stereocenters. The summed E-state index contributed by atoms with van der Waals surface area (Å²) in [5, 5.41) is 0. The number of hydrogen-bond acceptors (Lipinski definition) is 5. The van der Waals surface area contributed by atoms with Crippen LogP contribution in [-0.2, 0) is 25.6 Å². The van der Waals surface area contributed by atoms with E-state index in [-0.39, 0.29) is 31.2 Å². The summed E-state index contributed by atoms with van der Waals surface area (Å²) in [7, 11) is 0. The van der Waals surface area contributed by atoms with Gasteiger partial charge >= 0.3 is 0 Å². The van der Waals surface area contributed by atoms with E-state index in [1.807, 2.05) is 6.92 Å². The molecule has 1 aromatic rings. The lowest BCUT2D eigenvalue weighted by atomic mass is 10.0. The van der Waals surface area contributed by atoms with Crippen molar-refractivity contribution in [2.24, 2.45) is 5.92 Å². The minimum absolute atomic E-state index is 0.109. The lowest BCUT2D eigenvalue weighted by Crippen LogP contribution is -2.35. The molecular weight excluding hydrogens is 279 g/mol. The van der Waals surface area contributed by atoms with E-state index in [4.69, 9.17) is 18.9 Å². The van der Waals surface area contributed by atoms with Crippen LogP contribution in [0.2, 0.25) is 0 Å². The molecule has 0 amide bonds. The second-order valence-electron chi connectivity index (χ2n) is 5.97. The Bertz CT molecular complexity index is 474. The average molecular weight is 300 g/mol. The molecule has 0 bridgehead atoms. The molecule has 0 radical (unpaired) electrons. The molecule has 118 valence electrons. The summed E-state index contributed by atoms with van der Waals surface area (Å²) in [6, 6.07) is 0.956. The standard InChI is InChI=1S/C15H21FO5/c1-8(2)6-11-12(13-15(21-11)20-9(3)19-13)18-7-10-4-5-17-14(10)16/h4-5,8-9,11-13,15H,6-7H2,1-3H3/t9?,11-,12+,13-,15+/m1/s1. The fraction of sp³-hybridized carbons (Fsp3) is 0.733. The van der Waals surface area contributed by atoms with E-state index in [2.05, 4.69) is 18.3 Å². The van der Waals surface area contributed by atoms with Crippen molar-refractivity contribution in [3.05, 3.63) is 23.9 Å². The van der Waals surface area contributed by atoms with Gasteiger partial charge in [-0.25, -0.2) is 0 Å². The second kappa shape index (κ2) is 6.04. The normalized spacial score (nSPS) is 35.6. The molecule has 0 saturated carbocycles. The molecule has 21 heavy (non-hydrogen) atoms. The van der Waals surface area contributed by atoms with Crippen LogP contribution in [0, 0.1) is 11.9 Å². The minimum Gasteiger partial charge on any atom is -0.439 e. The van der Waals surface area contributed by atoms with E-state index in [9.17, 15) is 4.39 Å². The predicted molar refractivity (Wildman–Crippen MR) is 70.8 cm³/mol. The lowest BCUT2D eigenvalue weighted by molar-refractivity contribution is -0.170. The molecule has 2 aliphatic heterocycles. The Morgan fingerprint density at radius 2 is 2.10 bits per heavy atom. The van der Waals surface area contributed by atoms with Gasteiger partial charge in [0.05, 0.1) is 24.5 Å². The Labute approximate surface area is 123 Å². The Morgan fingerprint density at radius 3 is 2.76 bits per heavy atom. The van der Waals surface area contributed by atoms with Gasteiger partial charge in [-0.2, -0.15) is 4.39 Å². The van der Waals surface area contributed by atoms with Gasteiger partial charge < -0.3 is 23.4 Å². The first-order chi connectivity index (χ1) is 10.0. The van der Waals surface area contributed by atoms with Crippen molar-refractivity contribution in [3.8, 4) is 0 Å². The van der Waals surface area contributed by atoms with Gasteiger partial charge in [-0.3, -0.25) is 0 Å². The van der Waals surface area contributed by atoms with Crippen LogP contribution in [0.15, 0.2) is 16.7 Å². The lowest BCUT2D eigenvalue weighted by Gasteiger charge is -2.23. The maximum Gasteiger partial charge on any atom is 0.283 e. The predicted octanol–water partition coefficient (Wildman–Crippen LogP) is 2.84. The number of rotatable bonds is 5. The molecule has 0 aromatic carbocycles. The first-order valence-electron chi connectivity index (χ1n) is 7.34. The van der Waals surface area contributed by atoms with Gasteiger partial charge in [0, 0.05) is 0 Å². The zero-order valence-corrected chi connectivity index (χ0v) is 12.5. The number of ether oxygens (including phenoxy) is 4. The molecule has 5 nitrogen and oxygen atoms in total. The van der Waals surface area contributed by atoms with Crippen LogP contribution in [-0.4, -0.2) is 30.9 Å². The molecule has 3 heterocycles. The van der Waals surface area contributed by atoms with Crippen molar-refractivity contribution in [1.82, 2.24) is 0 Å². The Hall–Kier alpha value is -0.950. The molecule has 1 unspecified atom stereocenters. The van der Waals surface area contributed by atoms with Crippen LogP contribution < -0.4 is 0 Å². The maximum absolute atomic E-state index is 13.3. The van der Waals surface area contributed by atoms with Gasteiger partial charge in [0.1, 0.15) is 12.2 Å². The largest absolute Gasteiger partial charge is 0.439 e. The highest BCUT2D eigenvalue weighted by molar-refractivity contribution is 5.06. The van der Waals surface area contributed by atoms with Crippen molar-refractivity contribution in [1.29, 1.82) is 0 Å². The highest BCUT2D eigenvalue weighted by Crippen LogP contribution is 2.36. The van der Waals surface area contributed by atoms with Crippen LogP contribution in [0.5, 0.6) is 0 Å². The van der Waals surface area contributed by atoms with E-state index in [1.165, 1.54) is 6.26 Å². The van der Waals surface area contributed by atoms with Crippen LogP contribution in [0.1, 0.15) is 32.8 Å². The third-order valence-corrected chi connectivity index (χ3v) is 3.77. The van der Waals surface area contributed by atoms with Gasteiger partial charge in [0.15, 0.2) is 12.6 Å². The Kier molecular flexibility index (Phi) is 4.31. The van der Waals surface area contributed by atoms with E-state index >= 15 is 0 Å². The zero-order valence-electron chi connectivity index (χ0n) is 12.5. The quantitative estimate of drug-likeness (QED) is 0.837.